The summed E-state index contributed by atoms with van der Waals surface area (Å²) in [6.45, 7) is 0. The standard InChI is InChI=1S/C61H39N5/c1-3-17-40(18-4-1)52-39-46(35-36-58(52)66-56-29-15-10-24-50(56)51-25-11-16-30-57(51)66)61-63-59(41-19-5-2-6-20-41)62-60(64-61)45-34-32-42-37-44(33-31-43(42)38-45)47-21-7-12-26-53(47)65-54-27-13-8-22-48(54)49-23-9-14-28-55(49)65/h1-39H. The Bertz CT molecular complexity index is 3890. The van der Waals surface area contributed by atoms with Crippen LogP contribution in [-0.4, -0.2) is 24.1 Å². The van der Waals surface area contributed by atoms with Gasteiger partial charge in [-0.1, -0.05) is 176 Å². The summed E-state index contributed by atoms with van der Waals surface area (Å²) in [5.41, 5.74) is 14.2. The van der Waals surface area contributed by atoms with Crippen LogP contribution in [0.25, 0.3) is 122 Å². The molecule has 0 unspecified atom stereocenters. The summed E-state index contributed by atoms with van der Waals surface area (Å²) in [6.07, 6.45) is 0. The van der Waals surface area contributed by atoms with Gasteiger partial charge in [-0.2, -0.15) is 0 Å². The number of rotatable bonds is 7. The first-order valence-corrected chi connectivity index (χ1v) is 22.4. The van der Waals surface area contributed by atoms with Crippen LogP contribution < -0.4 is 0 Å². The van der Waals surface area contributed by atoms with E-state index in [1.165, 1.54) is 38.1 Å². The normalized spacial score (nSPS) is 11.6. The van der Waals surface area contributed by atoms with Crippen LogP contribution in [0, 0.1) is 0 Å². The molecule has 10 aromatic carbocycles. The summed E-state index contributed by atoms with van der Waals surface area (Å²) in [6, 6.07) is 84.0. The number of hydrogen-bond acceptors (Lipinski definition) is 3. The van der Waals surface area contributed by atoms with Crippen LogP contribution >= 0.6 is 0 Å². The topological polar surface area (TPSA) is 48.5 Å². The van der Waals surface area contributed by atoms with E-state index in [0.717, 1.165) is 66.6 Å². The second kappa shape index (κ2) is 15.4. The van der Waals surface area contributed by atoms with E-state index < -0.39 is 0 Å². The summed E-state index contributed by atoms with van der Waals surface area (Å²) >= 11 is 0. The van der Waals surface area contributed by atoms with Gasteiger partial charge in [0.2, 0.25) is 0 Å². The monoisotopic (exact) mass is 841 g/mol. The third-order valence-electron chi connectivity index (χ3n) is 13.0. The lowest BCUT2D eigenvalue weighted by Gasteiger charge is -2.16. The second-order valence-electron chi connectivity index (χ2n) is 16.8. The Morgan fingerprint density at radius 2 is 0.621 bits per heavy atom. The van der Waals surface area contributed by atoms with Crippen molar-refractivity contribution in [3.8, 4) is 67.8 Å². The minimum Gasteiger partial charge on any atom is -0.309 e. The first kappa shape index (κ1) is 37.6. The molecule has 0 bridgehead atoms. The van der Waals surface area contributed by atoms with Crippen LogP contribution in [0.2, 0.25) is 0 Å². The fourth-order valence-corrected chi connectivity index (χ4v) is 9.90. The van der Waals surface area contributed by atoms with Gasteiger partial charge < -0.3 is 9.13 Å². The maximum Gasteiger partial charge on any atom is 0.164 e. The summed E-state index contributed by atoms with van der Waals surface area (Å²) in [5.74, 6) is 1.86. The van der Waals surface area contributed by atoms with Crippen molar-refractivity contribution in [3.63, 3.8) is 0 Å². The van der Waals surface area contributed by atoms with Gasteiger partial charge in [-0.05, 0) is 82.6 Å². The van der Waals surface area contributed by atoms with Gasteiger partial charge in [-0.3, -0.25) is 0 Å². The van der Waals surface area contributed by atoms with E-state index in [-0.39, 0.29) is 0 Å². The molecule has 308 valence electrons. The molecule has 13 rings (SSSR count). The Labute approximate surface area is 381 Å². The van der Waals surface area contributed by atoms with Gasteiger partial charge in [-0.15, -0.1) is 0 Å². The fourth-order valence-electron chi connectivity index (χ4n) is 9.90. The number of nitrogens with zero attached hydrogens (tertiary/aromatic N) is 5. The average Bonchev–Trinajstić information content (AvgIpc) is 3.91. The molecular formula is C61H39N5. The van der Waals surface area contributed by atoms with Gasteiger partial charge in [0, 0.05) is 49.4 Å². The molecule has 13 aromatic rings. The van der Waals surface area contributed by atoms with Gasteiger partial charge in [-0.25, -0.2) is 15.0 Å². The molecule has 5 heteroatoms. The van der Waals surface area contributed by atoms with Crippen LogP contribution in [0.1, 0.15) is 0 Å². The zero-order chi connectivity index (χ0) is 43.6. The van der Waals surface area contributed by atoms with Gasteiger partial charge in [0.1, 0.15) is 0 Å². The Hall–Kier alpha value is -8.93. The van der Waals surface area contributed by atoms with Crippen LogP contribution in [0.3, 0.4) is 0 Å². The molecule has 66 heavy (non-hydrogen) atoms. The molecule has 0 radical (unpaired) electrons. The van der Waals surface area contributed by atoms with Crippen molar-refractivity contribution in [1.82, 2.24) is 24.1 Å². The number of fused-ring (bicyclic) bond motifs is 7. The quantitative estimate of drug-likeness (QED) is 0.161. The van der Waals surface area contributed by atoms with Crippen LogP contribution in [0.15, 0.2) is 237 Å². The number of hydrogen-bond donors (Lipinski definition) is 0. The number of para-hydroxylation sites is 5. The molecule has 0 saturated carbocycles. The maximum absolute atomic E-state index is 5.26. The molecule has 3 heterocycles. The minimum absolute atomic E-state index is 0.613. The largest absolute Gasteiger partial charge is 0.309 e. The number of benzene rings is 10. The highest BCUT2D eigenvalue weighted by molar-refractivity contribution is 6.11. The summed E-state index contributed by atoms with van der Waals surface area (Å²) in [5, 5.41) is 7.19. The molecular weight excluding hydrogens is 803 g/mol. The molecule has 0 aliphatic heterocycles. The van der Waals surface area contributed by atoms with Crippen molar-refractivity contribution in [3.05, 3.63) is 237 Å². The molecule has 0 amide bonds. The van der Waals surface area contributed by atoms with Crippen molar-refractivity contribution in [2.75, 3.05) is 0 Å². The predicted molar refractivity (Wildman–Crippen MR) is 273 cm³/mol. The van der Waals surface area contributed by atoms with Crippen LogP contribution in [0.4, 0.5) is 0 Å². The van der Waals surface area contributed by atoms with E-state index in [1.54, 1.807) is 0 Å². The SMILES string of the molecule is c1ccc(-c2nc(-c3ccc(-n4c5ccccc5c5ccccc54)c(-c4ccccc4)c3)nc(-c3ccc4cc(-c5ccccc5-n5c6ccccc6c6ccccc65)ccc4c3)n2)cc1. The zero-order valence-electron chi connectivity index (χ0n) is 35.8. The lowest BCUT2D eigenvalue weighted by Crippen LogP contribution is -2.02. The molecule has 0 aliphatic carbocycles. The third-order valence-corrected chi connectivity index (χ3v) is 13.0. The molecule has 0 fully saturated rings. The average molecular weight is 842 g/mol. The molecule has 0 saturated heterocycles. The van der Waals surface area contributed by atoms with Crippen LogP contribution in [-0.2, 0) is 0 Å². The Morgan fingerprint density at radius 3 is 1.17 bits per heavy atom. The van der Waals surface area contributed by atoms with Gasteiger partial charge in [0.25, 0.3) is 0 Å². The smallest absolute Gasteiger partial charge is 0.164 e. The lowest BCUT2D eigenvalue weighted by molar-refractivity contribution is 1.07. The first-order chi connectivity index (χ1) is 32.7. The predicted octanol–water partition coefficient (Wildman–Crippen LogP) is 15.6. The van der Waals surface area contributed by atoms with E-state index in [4.69, 9.17) is 15.0 Å². The Morgan fingerprint density at radius 1 is 0.242 bits per heavy atom. The molecule has 0 atom stereocenters. The minimum atomic E-state index is 0.613. The first-order valence-electron chi connectivity index (χ1n) is 22.4. The van der Waals surface area contributed by atoms with Gasteiger partial charge >= 0.3 is 0 Å². The van der Waals surface area contributed by atoms with Crippen LogP contribution in [0.5, 0.6) is 0 Å². The summed E-state index contributed by atoms with van der Waals surface area (Å²) in [4.78, 5) is 15.6. The third kappa shape index (κ3) is 6.21. The second-order valence-corrected chi connectivity index (χ2v) is 16.8. The van der Waals surface area contributed by atoms with Crippen molar-refractivity contribution in [1.29, 1.82) is 0 Å². The Kier molecular flexibility index (Phi) is 8.78. The Balaban J connectivity index is 0.938. The molecule has 3 aromatic heterocycles. The molecule has 0 aliphatic rings. The lowest BCUT2D eigenvalue weighted by atomic mass is 9.98. The van der Waals surface area contributed by atoms with Crippen molar-refractivity contribution in [2.45, 2.75) is 0 Å². The van der Waals surface area contributed by atoms with E-state index in [1.807, 2.05) is 18.2 Å². The van der Waals surface area contributed by atoms with E-state index >= 15 is 0 Å². The highest BCUT2D eigenvalue weighted by Gasteiger charge is 2.20. The number of aromatic nitrogens is 5. The van der Waals surface area contributed by atoms with Crippen molar-refractivity contribution in [2.24, 2.45) is 0 Å². The summed E-state index contributed by atoms with van der Waals surface area (Å²) in [7, 11) is 0. The highest BCUT2D eigenvalue weighted by Crippen LogP contribution is 2.40. The zero-order valence-corrected chi connectivity index (χ0v) is 35.8. The van der Waals surface area contributed by atoms with Gasteiger partial charge in [0.15, 0.2) is 17.5 Å². The van der Waals surface area contributed by atoms with Crippen molar-refractivity contribution < 1.29 is 0 Å². The molecule has 0 spiro atoms. The van der Waals surface area contributed by atoms with E-state index in [0.29, 0.717) is 17.5 Å². The molecule has 5 nitrogen and oxygen atoms in total. The highest BCUT2D eigenvalue weighted by atomic mass is 15.0. The van der Waals surface area contributed by atoms with E-state index in [9.17, 15) is 0 Å². The van der Waals surface area contributed by atoms with Crippen molar-refractivity contribution >= 4 is 54.4 Å². The fraction of sp³-hybridized carbons (Fsp3) is 0. The summed E-state index contributed by atoms with van der Waals surface area (Å²) < 4.78 is 4.78. The van der Waals surface area contributed by atoms with Gasteiger partial charge in [0.05, 0.1) is 33.4 Å². The molecule has 0 N–H and O–H groups in total. The van der Waals surface area contributed by atoms with E-state index in [2.05, 4.69) is 228 Å². The maximum atomic E-state index is 5.26.